The largest absolute Gasteiger partial charge is 0.489 e. The molecule has 0 aromatic carbocycles. The number of primary amides is 1. The Labute approximate surface area is 200 Å². The van der Waals surface area contributed by atoms with Gasteiger partial charge in [-0.2, -0.15) is 10.2 Å². The fourth-order valence-electron chi connectivity index (χ4n) is 3.77. The Morgan fingerprint density at radius 3 is 2.69 bits per heavy atom. The van der Waals surface area contributed by atoms with E-state index in [9.17, 15) is 10.1 Å². The number of fused-ring (bicyclic) bond motifs is 1. The lowest BCUT2D eigenvalue weighted by atomic mass is 10.0. The number of rotatable bonds is 8. The number of halogens is 1. The third kappa shape index (κ3) is 4.41. The van der Waals surface area contributed by atoms with E-state index in [-0.39, 0.29) is 12.2 Å². The predicted octanol–water partition coefficient (Wildman–Crippen LogP) is 2.93. The summed E-state index contributed by atoms with van der Waals surface area (Å²) in [5.41, 5.74) is 7.67. The lowest BCUT2D eigenvalue weighted by Crippen LogP contribution is -2.56. The van der Waals surface area contributed by atoms with Crippen LogP contribution in [-0.2, 0) is 20.6 Å². The van der Waals surface area contributed by atoms with E-state index in [1.807, 2.05) is 6.07 Å². The molecule has 1 atom stereocenters. The van der Waals surface area contributed by atoms with Crippen LogP contribution >= 0.6 is 22.6 Å². The Kier molecular flexibility index (Phi) is 7.96. The van der Waals surface area contributed by atoms with E-state index in [1.165, 1.54) is 20.4 Å². The van der Waals surface area contributed by atoms with Gasteiger partial charge in [0.15, 0.2) is 0 Å². The number of hydrogen-bond acceptors (Lipinski definition) is 8. The van der Waals surface area contributed by atoms with Crippen molar-refractivity contribution in [1.29, 1.82) is 5.26 Å². The smallest absolute Gasteiger partial charge is 0.426 e. The van der Waals surface area contributed by atoms with Gasteiger partial charge in [-0.25, -0.2) is 9.78 Å². The van der Waals surface area contributed by atoms with Gasteiger partial charge in [-0.3, -0.25) is 0 Å². The van der Waals surface area contributed by atoms with Gasteiger partial charge in [0.1, 0.15) is 36.2 Å². The standard InChI is InChI=1S/C21H24IN5O5/c1-29-7-8-32-16-10-17(25-12-14(16)11-23)27(21(24)28)6-4-5-13-9-15(22)18(26-19(13)27)20(30-2)31-3/h9-10,12,20H,4-8H2,1-3H3,(H-,24,28)/p+1. The lowest BCUT2D eigenvalue weighted by molar-refractivity contribution is -0.109. The van der Waals surface area contributed by atoms with E-state index in [1.54, 1.807) is 13.2 Å². The molecule has 0 aliphatic carbocycles. The van der Waals surface area contributed by atoms with Crippen molar-refractivity contribution in [2.75, 3.05) is 41.1 Å². The van der Waals surface area contributed by atoms with Crippen molar-refractivity contribution in [3.63, 3.8) is 0 Å². The van der Waals surface area contributed by atoms with Crippen LogP contribution in [0.5, 0.6) is 5.75 Å². The van der Waals surface area contributed by atoms with Crippen LogP contribution in [0, 0.1) is 14.9 Å². The summed E-state index contributed by atoms with van der Waals surface area (Å²) in [5.74, 6) is 1.10. The number of amides is 2. The van der Waals surface area contributed by atoms with Crippen molar-refractivity contribution in [3.05, 3.63) is 38.7 Å². The first-order chi connectivity index (χ1) is 15.4. The van der Waals surface area contributed by atoms with E-state index >= 15 is 0 Å². The minimum atomic E-state index is -0.703. The second-order valence-electron chi connectivity index (χ2n) is 7.11. The number of urea groups is 1. The molecule has 11 heteroatoms. The van der Waals surface area contributed by atoms with Crippen molar-refractivity contribution in [1.82, 2.24) is 14.5 Å². The van der Waals surface area contributed by atoms with Crippen molar-refractivity contribution >= 4 is 40.3 Å². The predicted molar refractivity (Wildman–Crippen MR) is 124 cm³/mol. The average Bonchev–Trinajstić information content (AvgIpc) is 2.79. The molecule has 0 saturated heterocycles. The Morgan fingerprint density at radius 2 is 2.06 bits per heavy atom. The highest BCUT2D eigenvalue weighted by Gasteiger charge is 2.48. The first kappa shape index (κ1) is 24.3. The van der Waals surface area contributed by atoms with Gasteiger partial charge in [-0.15, -0.1) is 4.48 Å². The minimum Gasteiger partial charge on any atom is -0.489 e. The molecule has 10 nitrogen and oxygen atoms in total. The molecular weight excluding hydrogens is 529 g/mol. The number of quaternary nitrogens is 1. The molecule has 0 radical (unpaired) electrons. The fourth-order valence-corrected chi connectivity index (χ4v) is 4.52. The molecule has 2 amide bonds. The van der Waals surface area contributed by atoms with Gasteiger partial charge >= 0.3 is 6.03 Å². The zero-order valence-corrected chi connectivity index (χ0v) is 20.3. The zero-order valence-electron chi connectivity index (χ0n) is 18.1. The number of carbonyl (C=O) groups excluding carboxylic acids is 1. The van der Waals surface area contributed by atoms with Crippen LogP contribution in [0.15, 0.2) is 18.3 Å². The van der Waals surface area contributed by atoms with Crippen molar-refractivity contribution in [3.8, 4) is 11.8 Å². The Balaban J connectivity index is 2.21. The van der Waals surface area contributed by atoms with Crippen molar-refractivity contribution in [2.24, 2.45) is 5.73 Å². The highest BCUT2D eigenvalue weighted by atomic mass is 127. The molecule has 0 fully saturated rings. The highest BCUT2D eigenvalue weighted by Crippen LogP contribution is 2.42. The lowest BCUT2D eigenvalue weighted by Gasteiger charge is -2.36. The summed E-state index contributed by atoms with van der Waals surface area (Å²) >= 11 is 2.18. The number of pyridine rings is 2. The highest BCUT2D eigenvalue weighted by molar-refractivity contribution is 14.1. The number of aryl methyl sites for hydroxylation is 1. The molecule has 0 saturated carbocycles. The molecule has 2 aromatic heterocycles. The van der Waals surface area contributed by atoms with Gasteiger partial charge in [0.2, 0.25) is 17.9 Å². The molecule has 0 spiro atoms. The van der Waals surface area contributed by atoms with Gasteiger partial charge in [0.25, 0.3) is 0 Å². The molecule has 32 heavy (non-hydrogen) atoms. The van der Waals surface area contributed by atoms with E-state index in [0.717, 1.165) is 15.6 Å². The number of nitriles is 1. The molecule has 2 aromatic rings. The summed E-state index contributed by atoms with van der Waals surface area (Å²) in [6, 6.07) is 4.98. The van der Waals surface area contributed by atoms with Crippen molar-refractivity contribution in [2.45, 2.75) is 19.1 Å². The number of hydrogen-bond donors (Lipinski definition) is 1. The fraction of sp³-hybridized carbons (Fsp3) is 0.429. The molecule has 170 valence electrons. The summed E-state index contributed by atoms with van der Waals surface area (Å²) in [7, 11) is 4.60. The van der Waals surface area contributed by atoms with Gasteiger partial charge in [0.05, 0.1) is 18.9 Å². The normalized spacial score (nSPS) is 17.6. The molecule has 0 bridgehead atoms. The van der Waals surface area contributed by atoms with Crippen LogP contribution in [0.3, 0.4) is 0 Å². The van der Waals surface area contributed by atoms with Crippen LogP contribution in [0.25, 0.3) is 0 Å². The monoisotopic (exact) mass is 554 g/mol. The van der Waals surface area contributed by atoms with Crippen LogP contribution in [0.2, 0.25) is 0 Å². The first-order valence-electron chi connectivity index (χ1n) is 9.88. The van der Waals surface area contributed by atoms with Gasteiger partial charge in [0, 0.05) is 36.9 Å². The number of aromatic nitrogens is 2. The SMILES string of the molecule is COCCOc1cc([N+]2(C(N)=O)CCCc3cc(I)c(C(OC)OC)nc32)ncc1C#N. The summed E-state index contributed by atoms with van der Waals surface area (Å²) in [5, 5.41) is 9.45. The van der Waals surface area contributed by atoms with E-state index < -0.39 is 16.8 Å². The Hall–Kier alpha value is -2.37. The second-order valence-corrected chi connectivity index (χ2v) is 8.27. The maximum absolute atomic E-state index is 13.0. The summed E-state index contributed by atoms with van der Waals surface area (Å²) in [4.78, 5) is 22.2. The van der Waals surface area contributed by atoms with Crippen LogP contribution in [0.1, 0.15) is 29.5 Å². The molecule has 3 rings (SSSR count). The Morgan fingerprint density at radius 1 is 1.31 bits per heavy atom. The summed E-state index contributed by atoms with van der Waals surface area (Å²) in [6.45, 7) is 0.960. The van der Waals surface area contributed by atoms with Crippen LogP contribution in [0.4, 0.5) is 16.4 Å². The molecular formula is C21H25IN5O5+. The Bertz CT molecular complexity index is 1040. The third-order valence-electron chi connectivity index (χ3n) is 5.30. The molecule has 1 aliphatic heterocycles. The van der Waals surface area contributed by atoms with Gasteiger partial charge < -0.3 is 24.7 Å². The number of nitrogens with zero attached hydrogens (tertiary/aromatic N) is 4. The number of carbonyl (C=O) groups is 1. The van der Waals surface area contributed by atoms with Crippen molar-refractivity contribution < 1.29 is 23.7 Å². The number of methoxy groups -OCH3 is 3. The minimum absolute atomic E-state index is 0.242. The van der Waals surface area contributed by atoms with Crippen LogP contribution in [-0.4, -0.2) is 57.1 Å². The summed E-state index contributed by atoms with van der Waals surface area (Å²) < 4.78 is 22.0. The quantitative estimate of drug-likeness (QED) is 0.228. The number of nitrogens with two attached hydrogens (primary N) is 1. The first-order valence-corrected chi connectivity index (χ1v) is 11.0. The molecule has 1 unspecified atom stereocenters. The zero-order chi connectivity index (χ0) is 23.3. The van der Waals surface area contributed by atoms with E-state index in [2.05, 4.69) is 33.6 Å². The molecule has 2 N–H and O–H groups in total. The second kappa shape index (κ2) is 10.5. The van der Waals surface area contributed by atoms with Gasteiger partial charge in [-0.05, 0) is 35.1 Å². The number of ether oxygens (including phenoxy) is 4. The van der Waals surface area contributed by atoms with Crippen LogP contribution < -0.4 is 15.0 Å². The topological polar surface area (TPSA) is 130 Å². The maximum Gasteiger partial charge on any atom is 0.426 e. The maximum atomic E-state index is 13.0. The molecule has 1 aliphatic rings. The summed E-state index contributed by atoms with van der Waals surface area (Å²) in [6.07, 6.45) is 2.12. The molecule has 3 heterocycles. The average molecular weight is 554 g/mol. The third-order valence-corrected chi connectivity index (χ3v) is 6.16. The van der Waals surface area contributed by atoms with E-state index in [4.69, 9.17) is 29.7 Å². The van der Waals surface area contributed by atoms with Gasteiger partial charge in [-0.1, -0.05) is 0 Å². The van der Waals surface area contributed by atoms with E-state index in [0.29, 0.717) is 42.7 Å².